The molecule has 2 aromatic rings. The number of benzene rings is 2. The summed E-state index contributed by atoms with van der Waals surface area (Å²) < 4.78 is 10.8. The lowest BCUT2D eigenvalue weighted by Gasteiger charge is -2.13. The third-order valence-electron chi connectivity index (χ3n) is 4.29. The maximum absolute atomic E-state index is 5.71. The number of guanidine groups is 1. The fraction of sp³-hybridized carbons (Fsp3) is 0.350. The van der Waals surface area contributed by atoms with Crippen molar-refractivity contribution in [2.75, 3.05) is 27.3 Å². The first-order valence-electron chi connectivity index (χ1n) is 8.59. The van der Waals surface area contributed by atoms with E-state index in [9.17, 15) is 0 Å². The molecular weight excluding hydrogens is 441 g/mol. The van der Waals surface area contributed by atoms with Crippen molar-refractivity contribution in [3.63, 3.8) is 0 Å². The summed E-state index contributed by atoms with van der Waals surface area (Å²) in [4.78, 5) is 4.29. The van der Waals surface area contributed by atoms with Gasteiger partial charge in [0.25, 0.3) is 0 Å². The topological polar surface area (TPSA) is 54.9 Å². The molecule has 0 aromatic heterocycles. The van der Waals surface area contributed by atoms with E-state index in [-0.39, 0.29) is 24.0 Å². The van der Waals surface area contributed by atoms with Crippen molar-refractivity contribution in [1.29, 1.82) is 0 Å². The maximum atomic E-state index is 5.71. The van der Waals surface area contributed by atoms with E-state index in [1.165, 1.54) is 5.56 Å². The second kappa shape index (κ2) is 10.3. The van der Waals surface area contributed by atoms with Crippen molar-refractivity contribution in [3.8, 4) is 11.5 Å². The van der Waals surface area contributed by atoms with Crippen LogP contribution < -0.4 is 20.1 Å². The molecule has 0 heterocycles. The van der Waals surface area contributed by atoms with Crippen molar-refractivity contribution >= 4 is 29.9 Å². The molecule has 5 nitrogen and oxygen atoms in total. The molecule has 1 aliphatic rings. The predicted molar refractivity (Wildman–Crippen MR) is 116 cm³/mol. The number of nitrogens with zero attached hydrogens (tertiary/aromatic N) is 1. The van der Waals surface area contributed by atoms with Crippen LogP contribution >= 0.6 is 24.0 Å². The van der Waals surface area contributed by atoms with E-state index in [1.807, 2.05) is 24.3 Å². The van der Waals surface area contributed by atoms with Gasteiger partial charge >= 0.3 is 0 Å². The highest BCUT2D eigenvalue weighted by atomic mass is 127. The van der Waals surface area contributed by atoms with Gasteiger partial charge in [0.2, 0.25) is 0 Å². The number of halogens is 1. The second-order valence-electron chi connectivity index (χ2n) is 6.03. The smallest absolute Gasteiger partial charge is 0.191 e. The highest BCUT2D eigenvalue weighted by Crippen LogP contribution is 2.40. The zero-order chi connectivity index (χ0) is 17.5. The summed E-state index contributed by atoms with van der Waals surface area (Å²) in [5.41, 5.74) is 1.39. The van der Waals surface area contributed by atoms with Crippen LogP contribution in [0.5, 0.6) is 11.5 Å². The van der Waals surface area contributed by atoms with Gasteiger partial charge in [-0.2, -0.15) is 0 Å². The summed E-state index contributed by atoms with van der Waals surface area (Å²) in [6, 6.07) is 18.6. The predicted octanol–water partition coefficient (Wildman–Crippen LogP) is 3.41. The summed E-state index contributed by atoms with van der Waals surface area (Å²) in [6.45, 7) is 1.26. The Morgan fingerprint density at radius 2 is 1.77 bits per heavy atom. The van der Waals surface area contributed by atoms with E-state index in [1.54, 1.807) is 14.2 Å². The summed E-state index contributed by atoms with van der Waals surface area (Å²) in [5.74, 6) is 3.06. The monoisotopic (exact) mass is 467 g/mol. The SMILES string of the molecule is CN=C(NCCOc1ccc(OC)cc1)NC1CC1c1ccccc1.I. The molecule has 1 aliphatic carbocycles. The second-order valence-corrected chi connectivity index (χ2v) is 6.03. The molecule has 0 bridgehead atoms. The molecule has 6 heteroatoms. The number of hydrogen-bond donors (Lipinski definition) is 2. The Kier molecular flexibility index (Phi) is 8.03. The minimum absolute atomic E-state index is 0. The van der Waals surface area contributed by atoms with Gasteiger partial charge in [-0.1, -0.05) is 30.3 Å². The van der Waals surface area contributed by atoms with E-state index in [0.29, 0.717) is 25.1 Å². The average molecular weight is 467 g/mol. The van der Waals surface area contributed by atoms with Gasteiger partial charge in [0.1, 0.15) is 18.1 Å². The van der Waals surface area contributed by atoms with Gasteiger partial charge in [-0.05, 0) is 36.2 Å². The van der Waals surface area contributed by atoms with Crippen LogP contribution in [-0.2, 0) is 0 Å². The highest BCUT2D eigenvalue weighted by molar-refractivity contribution is 14.0. The zero-order valence-corrected chi connectivity index (χ0v) is 17.5. The van der Waals surface area contributed by atoms with Crippen LogP contribution in [0, 0.1) is 0 Å². The first kappa shape index (κ1) is 20.4. The van der Waals surface area contributed by atoms with E-state index >= 15 is 0 Å². The molecule has 140 valence electrons. The standard InChI is InChI=1S/C20H25N3O2.HI/c1-21-20(23-19-14-18(19)15-6-4-3-5-7-15)22-12-13-25-17-10-8-16(24-2)9-11-17;/h3-11,18-19H,12-14H2,1-2H3,(H2,21,22,23);1H. The number of ether oxygens (including phenoxy) is 2. The zero-order valence-electron chi connectivity index (χ0n) is 15.1. The Morgan fingerprint density at radius 1 is 1.08 bits per heavy atom. The van der Waals surface area contributed by atoms with E-state index < -0.39 is 0 Å². The normalized spacial score (nSPS) is 18.5. The third kappa shape index (κ3) is 5.79. The number of aliphatic imine (C=N–C) groups is 1. The Balaban J connectivity index is 0.00000243. The van der Waals surface area contributed by atoms with Gasteiger partial charge in [-0.25, -0.2) is 0 Å². The molecule has 0 aliphatic heterocycles. The maximum Gasteiger partial charge on any atom is 0.191 e. The summed E-state index contributed by atoms with van der Waals surface area (Å²) >= 11 is 0. The van der Waals surface area contributed by atoms with E-state index in [2.05, 4.69) is 46.0 Å². The lowest BCUT2D eigenvalue weighted by molar-refractivity contribution is 0.321. The van der Waals surface area contributed by atoms with Crippen LogP contribution in [0.4, 0.5) is 0 Å². The Morgan fingerprint density at radius 3 is 2.42 bits per heavy atom. The van der Waals surface area contributed by atoms with Gasteiger partial charge < -0.3 is 20.1 Å². The van der Waals surface area contributed by atoms with E-state index in [0.717, 1.165) is 23.9 Å². The minimum Gasteiger partial charge on any atom is -0.497 e. The summed E-state index contributed by atoms with van der Waals surface area (Å²) in [6.07, 6.45) is 1.15. The van der Waals surface area contributed by atoms with Crippen LogP contribution in [0.3, 0.4) is 0 Å². The van der Waals surface area contributed by atoms with Crippen LogP contribution in [-0.4, -0.2) is 39.3 Å². The lowest BCUT2D eigenvalue weighted by Crippen LogP contribution is -2.40. The molecule has 0 saturated heterocycles. The van der Waals surface area contributed by atoms with Crippen molar-refractivity contribution in [2.45, 2.75) is 18.4 Å². The average Bonchev–Trinajstić information content (AvgIpc) is 3.44. The van der Waals surface area contributed by atoms with Crippen molar-refractivity contribution in [1.82, 2.24) is 10.6 Å². The highest BCUT2D eigenvalue weighted by Gasteiger charge is 2.38. The minimum atomic E-state index is 0. The van der Waals surface area contributed by atoms with Gasteiger partial charge in [0, 0.05) is 19.0 Å². The van der Waals surface area contributed by atoms with Gasteiger partial charge in [-0.3, -0.25) is 4.99 Å². The molecule has 1 saturated carbocycles. The van der Waals surface area contributed by atoms with Crippen LogP contribution in [0.2, 0.25) is 0 Å². The van der Waals surface area contributed by atoms with Crippen molar-refractivity contribution in [3.05, 3.63) is 60.2 Å². The fourth-order valence-electron chi connectivity index (χ4n) is 2.80. The fourth-order valence-corrected chi connectivity index (χ4v) is 2.80. The molecule has 1 fully saturated rings. The number of methoxy groups -OCH3 is 1. The van der Waals surface area contributed by atoms with Crippen LogP contribution in [0.15, 0.2) is 59.6 Å². The number of nitrogens with one attached hydrogen (secondary N) is 2. The molecule has 2 unspecified atom stereocenters. The molecule has 2 N–H and O–H groups in total. The third-order valence-corrected chi connectivity index (χ3v) is 4.29. The van der Waals surface area contributed by atoms with Crippen LogP contribution in [0.25, 0.3) is 0 Å². The molecule has 2 atom stereocenters. The summed E-state index contributed by atoms with van der Waals surface area (Å²) in [7, 11) is 3.44. The Hall–Kier alpha value is -1.96. The van der Waals surface area contributed by atoms with Crippen LogP contribution in [0.1, 0.15) is 17.9 Å². The molecular formula is C20H26IN3O2. The van der Waals surface area contributed by atoms with Gasteiger partial charge in [-0.15, -0.1) is 24.0 Å². The molecule has 26 heavy (non-hydrogen) atoms. The lowest BCUT2D eigenvalue weighted by atomic mass is 10.1. The van der Waals surface area contributed by atoms with Gasteiger partial charge in [0.05, 0.1) is 13.7 Å². The van der Waals surface area contributed by atoms with Crippen molar-refractivity contribution < 1.29 is 9.47 Å². The number of hydrogen-bond acceptors (Lipinski definition) is 3. The number of rotatable bonds is 7. The molecule has 3 rings (SSSR count). The first-order valence-corrected chi connectivity index (χ1v) is 8.59. The quantitative estimate of drug-likeness (QED) is 0.284. The largest absolute Gasteiger partial charge is 0.497 e. The first-order chi connectivity index (χ1) is 12.3. The Bertz CT molecular complexity index is 692. The molecule has 2 aromatic carbocycles. The van der Waals surface area contributed by atoms with Gasteiger partial charge in [0.15, 0.2) is 5.96 Å². The molecule has 0 amide bonds. The van der Waals surface area contributed by atoms with Crippen molar-refractivity contribution in [2.24, 2.45) is 4.99 Å². The van der Waals surface area contributed by atoms with E-state index in [4.69, 9.17) is 9.47 Å². The Labute approximate surface area is 172 Å². The summed E-state index contributed by atoms with van der Waals surface area (Å²) in [5, 5.41) is 6.76. The molecule has 0 radical (unpaired) electrons. The molecule has 0 spiro atoms.